The van der Waals surface area contributed by atoms with Gasteiger partial charge in [0, 0.05) is 38.4 Å². The van der Waals surface area contributed by atoms with Gasteiger partial charge in [0.2, 0.25) is 11.8 Å². The van der Waals surface area contributed by atoms with E-state index in [1.165, 1.54) is 0 Å². The van der Waals surface area contributed by atoms with Gasteiger partial charge in [-0.3, -0.25) is 14.4 Å². The molecule has 7 heteroatoms. The number of carbonyl (C=O) groups excluding carboxylic acids is 3. The number of benzene rings is 1. The molecule has 1 unspecified atom stereocenters. The van der Waals surface area contributed by atoms with E-state index in [-0.39, 0.29) is 30.8 Å². The van der Waals surface area contributed by atoms with Crippen molar-refractivity contribution in [2.45, 2.75) is 6.04 Å². The minimum atomic E-state index is -0.574. The first-order chi connectivity index (χ1) is 11.0. The molecule has 3 rings (SSSR count). The fourth-order valence-corrected chi connectivity index (χ4v) is 2.96. The van der Waals surface area contributed by atoms with Crippen LogP contribution >= 0.6 is 0 Å². The van der Waals surface area contributed by atoms with Gasteiger partial charge in [-0.15, -0.1) is 0 Å². The maximum Gasteiger partial charge on any atom is 0.254 e. The van der Waals surface area contributed by atoms with Crippen LogP contribution in [0.25, 0.3) is 0 Å². The predicted molar refractivity (Wildman–Crippen MR) is 85.2 cm³/mol. The van der Waals surface area contributed by atoms with Gasteiger partial charge < -0.3 is 20.0 Å². The van der Waals surface area contributed by atoms with Gasteiger partial charge in [-0.1, -0.05) is 0 Å². The van der Waals surface area contributed by atoms with Gasteiger partial charge in [0.1, 0.15) is 6.04 Å². The summed E-state index contributed by atoms with van der Waals surface area (Å²) < 4.78 is 0. The average molecular weight is 316 g/mol. The molecule has 2 aliphatic heterocycles. The Balaban J connectivity index is 1.73. The summed E-state index contributed by atoms with van der Waals surface area (Å²) in [5.41, 5.74) is 1.61. The first-order valence-corrected chi connectivity index (χ1v) is 7.61. The van der Waals surface area contributed by atoms with E-state index >= 15 is 0 Å². The van der Waals surface area contributed by atoms with Crippen LogP contribution in [0.4, 0.5) is 5.69 Å². The fourth-order valence-electron chi connectivity index (χ4n) is 2.96. The van der Waals surface area contributed by atoms with Gasteiger partial charge >= 0.3 is 0 Å². The minimum absolute atomic E-state index is 0.0509. The Morgan fingerprint density at radius 3 is 2.52 bits per heavy atom. The minimum Gasteiger partial charge on any atom is -0.378 e. The summed E-state index contributed by atoms with van der Waals surface area (Å²) in [6.45, 7) is 1.14. The van der Waals surface area contributed by atoms with E-state index in [1.54, 1.807) is 21.9 Å². The highest BCUT2D eigenvalue weighted by Gasteiger charge is 2.39. The monoisotopic (exact) mass is 316 g/mol. The van der Waals surface area contributed by atoms with E-state index in [4.69, 9.17) is 0 Å². The van der Waals surface area contributed by atoms with Gasteiger partial charge in [0.25, 0.3) is 5.91 Å². The Labute approximate surface area is 134 Å². The van der Waals surface area contributed by atoms with Crippen molar-refractivity contribution >= 4 is 23.4 Å². The van der Waals surface area contributed by atoms with Crippen molar-refractivity contribution in [3.63, 3.8) is 0 Å². The van der Waals surface area contributed by atoms with E-state index in [1.807, 2.05) is 31.1 Å². The van der Waals surface area contributed by atoms with E-state index in [9.17, 15) is 14.4 Å². The van der Waals surface area contributed by atoms with Gasteiger partial charge in [0.05, 0.1) is 13.1 Å². The highest BCUT2D eigenvalue weighted by Crippen LogP contribution is 2.18. The number of amides is 3. The molecule has 0 spiro atoms. The highest BCUT2D eigenvalue weighted by atomic mass is 16.2. The average Bonchev–Trinajstić information content (AvgIpc) is 2.57. The first-order valence-electron chi connectivity index (χ1n) is 7.61. The molecule has 1 aromatic carbocycles. The van der Waals surface area contributed by atoms with E-state index in [2.05, 4.69) is 5.32 Å². The van der Waals surface area contributed by atoms with Crippen molar-refractivity contribution in [2.75, 3.05) is 45.2 Å². The van der Waals surface area contributed by atoms with E-state index in [0.29, 0.717) is 18.7 Å². The van der Waals surface area contributed by atoms with Crippen molar-refractivity contribution in [3.8, 4) is 0 Å². The molecule has 2 aliphatic rings. The quantitative estimate of drug-likeness (QED) is 0.801. The molecule has 1 atom stereocenters. The van der Waals surface area contributed by atoms with Crippen molar-refractivity contribution in [1.82, 2.24) is 15.1 Å². The van der Waals surface area contributed by atoms with Gasteiger partial charge in [-0.2, -0.15) is 0 Å². The summed E-state index contributed by atoms with van der Waals surface area (Å²) in [5.74, 6) is -0.386. The summed E-state index contributed by atoms with van der Waals surface area (Å²) in [4.78, 5) is 41.6. The van der Waals surface area contributed by atoms with Gasteiger partial charge in [0.15, 0.2) is 0 Å². The normalized spacial score (nSPS) is 20.9. The number of hydrogen-bond acceptors (Lipinski definition) is 4. The standard InChI is InChI=1S/C16H20N4O3/c1-18(2)12-5-3-11(4-6-12)16(23)19-7-8-20-13(10-19)15(22)17-9-14(20)21/h3-6,13H,7-10H2,1-2H3,(H,17,22). The Hall–Kier alpha value is -2.57. The van der Waals surface area contributed by atoms with Crippen LogP contribution in [0, 0.1) is 0 Å². The highest BCUT2D eigenvalue weighted by molar-refractivity contribution is 5.98. The number of nitrogens with zero attached hydrogens (tertiary/aromatic N) is 3. The second-order valence-corrected chi connectivity index (χ2v) is 6.01. The van der Waals surface area contributed by atoms with Crippen LogP contribution in [-0.4, -0.2) is 73.8 Å². The number of anilines is 1. The maximum absolute atomic E-state index is 12.6. The third kappa shape index (κ3) is 2.86. The van der Waals surface area contributed by atoms with Gasteiger partial charge in [-0.25, -0.2) is 0 Å². The number of rotatable bonds is 2. The van der Waals surface area contributed by atoms with Crippen LogP contribution in [0.2, 0.25) is 0 Å². The van der Waals surface area contributed by atoms with E-state index in [0.717, 1.165) is 5.69 Å². The number of carbonyl (C=O) groups is 3. The summed E-state index contributed by atoms with van der Waals surface area (Å²) >= 11 is 0. The number of piperazine rings is 2. The van der Waals surface area contributed by atoms with Crippen LogP contribution in [0.3, 0.4) is 0 Å². The summed E-state index contributed by atoms with van der Waals surface area (Å²) in [6.07, 6.45) is 0. The Kier molecular flexibility index (Phi) is 3.94. The summed E-state index contributed by atoms with van der Waals surface area (Å²) in [5, 5.41) is 2.58. The zero-order valence-electron chi connectivity index (χ0n) is 13.3. The van der Waals surface area contributed by atoms with Gasteiger partial charge in [-0.05, 0) is 24.3 Å². The SMILES string of the molecule is CN(C)c1ccc(C(=O)N2CCN3C(=O)CNC(=O)C3C2)cc1. The molecule has 23 heavy (non-hydrogen) atoms. The number of nitrogens with one attached hydrogen (secondary N) is 1. The fraction of sp³-hybridized carbons (Fsp3) is 0.438. The molecule has 7 nitrogen and oxygen atoms in total. The molecule has 0 aromatic heterocycles. The molecular weight excluding hydrogens is 296 g/mol. The van der Waals surface area contributed by atoms with Crippen molar-refractivity contribution in [3.05, 3.63) is 29.8 Å². The van der Waals surface area contributed by atoms with Crippen molar-refractivity contribution in [2.24, 2.45) is 0 Å². The molecule has 2 fully saturated rings. The molecule has 1 aromatic rings. The maximum atomic E-state index is 12.6. The lowest BCUT2D eigenvalue weighted by Gasteiger charge is -2.42. The second-order valence-electron chi connectivity index (χ2n) is 6.01. The topological polar surface area (TPSA) is 73.0 Å². The largest absolute Gasteiger partial charge is 0.378 e. The Morgan fingerprint density at radius 1 is 1.17 bits per heavy atom. The zero-order valence-corrected chi connectivity index (χ0v) is 13.3. The van der Waals surface area contributed by atoms with Crippen LogP contribution in [0.15, 0.2) is 24.3 Å². The van der Waals surface area contributed by atoms with Crippen LogP contribution in [0.1, 0.15) is 10.4 Å². The molecule has 122 valence electrons. The van der Waals surface area contributed by atoms with E-state index < -0.39 is 6.04 Å². The second kappa shape index (κ2) is 5.91. The molecule has 0 bridgehead atoms. The lowest BCUT2D eigenvalue weighted by molar-refractivity contribution is -0.148. The summed E-state index contributed by atoms with van der Waals surface area (Å²) in [6, 6.07) is 6.78. The molecule has 3 amide bonds. The molecule has 0 radical (unpaired) electrons. The molecule has 0 aliphatic carbocycles. The molecule has 2 heterocycles. The van der Waals surface area contributed by atoms with Crippen LogP contribution in [-0.2, 0) is 9.59 Å². The number of hydrogen-bond donors (Lipinski definition) is 1. The molecule has 0 saturated carbocycles. The molecular formula is C16H20N4O3. The molecule has 2 saturated heterocycles. The van der Waals surface area contributed by atoms with Crippen molar-refractivity contribution < 1.29 is 14.4 Å². The third-order valence-corrected chi connectivity index (χ3v) is 4.34. The predicted octanol–water partition coefficient (Wildman–Crippen LogP) is -0.465. The zero-order chi connectivity index (χ0) is 16.6. The first kappa shape index (κ1) is 15.3. The smallest absolute Gasteiger partial charge is 0.254 e. The lowest BCUT2D eigenvalue weighted by Crippen LogP contribution is -2.66. The third-order valence-electron chi connectivity index (χ3n) is 4.34. The Bertz CT molecular complexity index is 641. The summed E-state index contributed by atoms with van der Waals surface area (Å²) in [7, 11) is 3.88. The van der Waals surface area contributed by atoms with Crippen molar-refractivity contribution in [1.29, 1.82) is 0 Å². The lowest BCUT2D eigenvalue weighted by atomic mass is 10.1. The number of fused-ring (bicyclic) bond motifs is 1. The Morgan fingerprint density at radius 2 is 1.87 bits per heavy atom. The van der Waals surface area contributed by atoms with Crippen LogP contribution < -0.4 is 10.2 Å². The van der Waals surface area contributed by atoms with Crippen LogP contribution in [0.5, 0.6) is 0 Å². The molecule has 1 N–H and O–H groups in total.